The minimum atomic E-state index is -1.18. The Bertz CT molecular complexity index is 702. The maximum Gasteiger partial charge on any atom is 0.160 e. The van der Waals surface area contributed by atoms with Crippen LogP contribution in [0.5, 0.6) is 0 Å². The summed E-state index contributed by atoms with van der Waals surface area (Å²) >= 11 is 0. The molecule has 1 saturated carbocycles. The molecule has 29 heavy (non-hydrogen) atoms. The smallest absolute Gasteiger partial charge is 0.160 e. The van der Waals surface area contributed by atoms with Gasteiger partial charge in [0.25, 0.3) is 0 Å². The van der Waals surface area contributed by atoms with E-state index in [0.717, 1.165) is 24.9 Å². The van der Waals surface area contributed by atoms with E-state index in [4.69, 9.17) is 14.2 Å². The number of nitrogens with one attached hydrogen (secondary N) is 1. The highest BCUT2D eigenvalue weighted by molar-refractivity contribution is 5.14. The lowest BCUT2D eigenvalue weighted by atomic mass is 10.2. The standard InChI is InChI=1S/C24H33NO4/c1-24(2,26)29-23-16-21(25-17-19-9-5-3-6-10-19)15-22(23)28-14-13-27-18-20-11-7-4-8-12-20/h3-12,21-23,25-26H,13-18H2,1-2H3/t21-,22+,23+/m1/s1. The summed E-state index contributed by atoms with van der Waals surface area (Å²) in [7, 11) is 0. The molecule has 0 radical (unpaired) electrons. The summed E-state index contributed by atoms with van der Waals surface area (Å²) in [5.41, 5.74) is 2.41. The van der Waals surface area contributed by atoms with Gasteiger partial charge in [-0.2, -0.15) is 0 Å². The van der Waals surface area contributed by atoms with E-state index in [0.29, 0.717) is 19.8 Å². The second-order valence-corrected chi connectivity index (χ2v) is 8.09. The van der Waals surface area contributed by atoms with Crippen molar-refractivity contribution in [3.63, 3.8) is 0 Å². The third-order valence-electron chi connectivity index (χ3n) is 5.00. The fraction of sp³-hybridized carbons (Fsp3) is 0.500. The van der Waals surface area contributed by atoms with Crippen molar-refractivity contribution in [2.24, 2.45) is 0 Å². The average Bonchev–Trinajstić information content (AvgIpc) is 3.07. The van der Waals surface area contributed by atoms with Crippen LogP contribution in [-0.4, -0.2) is 42.4 Å². The molecule has 0 unspecified atom stereocenters. The fourth-order valence-corrected chi connectivity index (χ4v) is 3.68. The Morgan fingerprint density at radius 3 is 2.17 bits per heavy atom. The minimum absolute atomic E-state index is 0.0602. The van der Waals surface area contributed by atoms with Gasteiger partial charge in [0.05, 0.1) is 32.0 Å². The molecule has 158 valence electrons. The Labute approximate surface area is 174 Å². The Kier molecular flexibility index (Phi) is 8.21. The first-order valence-corrected chi connectivity index (χ1v) is 10.4. The molecule has 5 heteroatoms. The van der Waals surface area contributed by atoms with Crippen LogP contribution in [0, 0.1) is 0 Å². The predicted octanol–water partition coefficient (Wildman–Crippen LogP) is 3.65. The normalized spacial score (nSPS) is 22.1. The molecule has 3 atom stereocenters. The quantitative estimate of drug-likeness (QED) is 0.446. The van der Waals surface area contributed by atoms with Gasteiger partial charge in [-0.25, -0.2) is 0 Å². The summed E-state index contributed by atoms with van der Waals surface area (Å²) < 4.78 is 17.7. The Hall–Kier alpha value is -1.76. The van der Waals surface area contributed by atoms with Crippen LogP contribution in [0.1, 0.15) is 37.8 Å². The molecule has 0 saturated heterocycles. The lowest BCUT2D eigenvalue weighted by molar-refractivity contribution is -0.225. The molecular formula is C24H33NO4. The van der Waals surface area contributed by atoms with Gasteiger partial charge in [-0.05, 0) is 37.8 Å². The van der Waals surface area contributed by atoms with E-state index in [1.807, 2.05) is 48.5 Å². The van der Waals surface area contributed by atoms with Crippen molar-refractivity contribution in [2.45, 2.75) is 63.9 Å². The van der Waals surface area contributed by atoms with Gasteiger partial charge in [-0.1, -0.05) is 60.7 Å². The number of benzene rings is 2. The van der Waals surface area contributed by atoms with Crippen molar-refractivity contribution in [1.82, 2.24) is 5.32 Å². The van der Waals surface area contributed by atoms with Crippen molar-refractivity contribution >= 4 is 0 Å². The zero-order valence-corrected chi connectivity index (χ0v) is 17.4. The fourth-order valence-electron chi connectivity index (χ4n) is 3.68. The SMILES string of the molecule is CC(C)(O)O[C@H]1C[C@H](NCc2ccccc2)C[C@@H]1OCCOCc1ccccc1. The third-order valence-corrected chi connectivity index (χ3v) is 5.00. The Morgan fingerprint density at radius 2 is 1.52 bits per heavy atom. The first-order valence-electron chi connectivity index (χ1n) is 10.4. The Morgan fingerprint density at radius 1 is 0.897 bits per heavy atom. The summed E-state index contributed by atoms with van der Waals surface area (Å²) in [5.74, 6) is -1.18. The van der Waals surface area contributed by atoms with E-state index in [1.54, 1.807) is 13.8 Å². The summed E-state index contributed by atoms with van der Waals surface area (Å²) in [5, 5.41) is 13.7. The second kappa shape index (κ2) is 10.9. The maximum absolute atomic E-state index is 10.1. The van der Waals surface area contributed by atoms with Crippen molar-refractivity contribution in [2.75, 3.05) is 13.2 Å². The van der Waals surface area contributed by atoms with Crippen molar-refractivity contribution in [3.8, 4) is 0 Å². The van der Waals surface area contributed by atoms with Gasteiger partial charge < -0.3 is 24.6 Å². The van der Waals surface area contributed by atoms with Gasteiger partial charge in [0.2, 0.25) is 0 Å². The first-order chi connectivity index (χ1) is 14.0. The molecule has 3 rings (SSSR count). The Balaban J connectivity index is 1.44. The van der Waals surface area contributed by atoms with Crippen LogP contribution < -0.4 is 5.32 Å². The second-order valence-electron chi connectivity index (χ2n) is 8.09. The first kappa shape index (κ1) is 21.9. The number of ether oxygens (including phenoxy) is 3. The molecule has 2 aromatic rings. The van der Waals surface area contributed by atoms with Gasteiger partial charge in [-0.3, -0.25) is 0 Å². The highest BCUT2D eigenvalue weighted by Gasteiger charge is 2.38. The number of hydrogen-bond acceptors (Lipinski definition) is 5. The summed E-state index contributed by atoms with van der Waals surface area (Å²) in [4.78, 5) is 0. The van der Waals surface area contributed by atoms with E-state index < -0.39 is 5.79 Å². The van der Waals surface area contributed by atoms with E-state index in [2.05, 4.69) is 17.4 Å². The molecule has 1 aliphatic carbocycles. The highest BCUT2D eigenvalue weighted by Crippen LogP contribution is 2.28. The third kappa shape index (κ3) is 7.88. The van der Waals surface area contributed by atoms with Crippen LogP contribution in [0.15, 0.2) is 60.7 Å². The maximum atomic E-state index is 10.1. The molecular weight excluding hydrogens is 366 g/mol. The largest absolute Gasteiger partial charge is 0.374 e. The zero-order valence-electron chi connectivity index (χ0n) is 17.4. The molecule has 2 aromatic carbocycles. The molecule has 1 aliphatic rings. The summed E-state index contributed by atoms with van der Waals surface area (Å²) in [6.45, 7) is 5.76. The van der Waals surface area contributed by atoms with Gasteiger partial charge in [0.15, 0.2) is 5.79 Å². The molecule has 0 spiro atoms. The monoisotopic (exact) mass is 399 g/mol. The minimum Gasteiger partial charge on any atom is -0.374 e. The van der Waals surface area contributed by atoms with Gasteiger partial charge in [0.1, 0.15) is 0 Å². The molecule has 0 amide bonds. The van der Waals surface area contributed by atoms with E-state index in [-0.39, 0.29) is 18.2 Å². The van der Waals surface area contributed by atoms with Crippen LogP contribution in [0.3, 0.4) is 0 Å². The molecule has 2 N–H and O–H groups in total. The summed E-state index contributed by atoms with van der Waals surface area (Å²) in [6.07, 6.45) is 1.46. The van der Waals surface area contributed by atoms with E-state index in [9.17, 15) is 5.11 Å². The summed E-state index contributed by atoms with van der Waals surface area (Å²) in [6, 6.07) is 20.8. The molecule has 0 bridgehead atoms. The lowest BCUT2D eigenvalue weighted by Crippen LogP contribution is -2.36. The number of rotatable bonds is 11. The van der Waals surface area contributed by atoms with Gasteiger partial charge >= 0.3 is 0 Å². The van der Waals surface area contributed by atoms with Crippen LogP contribution in [0.2, 0.25) is 0 Å². The van der Waals surface area contributed by atoms with Crippen molar-refractivity contribution in [1.29, 1.82) is 0 Å². The molecule has 0 aliphatic heterocycles. The van der Waals surface area contributed by atoms with E-state index >= 15 is 0 Å². The number of aliphatic hydroxyl groups is 1. The van der Waals surface area contributed by atoms with Gasteiger partial charge in [0, 0.05) is 12.6 Å². The number of hydrogen-bond donors (Lipinski definition) is 2. The molecule has 0 aromatic heterocycles. The molecule has 5 nitrogen and oxygen atoms in total. The van der Waals surface area contributed by atoms with Gasteiger partial charge in [-0.15, -0.1) is 0 Å². The average molecular weight is 400 g/mol. The highest BCUT2D eigenvalue weighted by atomic mass is 16.6. The van der Waals surface area contributed by atoms with Crippen molar-refractivity contribution in [3.05, 3.63) is 71.8 Å². The van der Waals surface area contributed by atoms with Crippen LogP contribution in [-0.2, 0) is 27.4 Å². The molecule has 1 fully saturated rings. The lowest BCUT2D eigenvalue weighted by Gasteiger charge is -2.27. The zero-order chi connectivity index (χ0) is 20.5. The van der Waals surface area contributed by atoms with Crippen LogP contribution in [0.25, 0.3) is 0 Å². The topological polar surface area (TPSA) is 60.0 Å². The van der Waals surface area contributed by atoms with Crippen LogP contribution in [0.4, 0.5) is 0 Å². The van der Waals surface area contributed by atoms with E-state index in [1.165, 1.54) is 5.56 Å². The van der Waals surface area contributed by atoms with Crippen molar-refractivity contribution < 1.29 is 19.3 Å². The molecule has 0 heterocycles. The predicted molar refractivity (Wildman–Crippen MR) is 113 cm³/mol. The van der Waals surface area contributed by atoms with Crippen LogP contribution >= 0.6 is 0 Å².